The van der Waals surface area contributed by atoms with Crippen molar-refractivity contribution in [2.45, 2.75) is 0 Å². The van der Waals surface area contributed by atoms with Crippen LogP contribution in [-0.2, 0) is 0 Å². The van der Waals surface area contributed by atoms with E-state index in [2.05, 4.69) is 11.9 Å². The molecule has 0 amide bonds. The van der Waals surface area contributed by atoms with Crippen LogP contribution in [0.25, 0.3) is 10.8 Å². The molecule has 0 fully saturated rings. The van der Waals surface area contributed by atoms with E-state index in [1.807, 2.05) is 18.2 Å². The van der Waals surface area contributed by atoms with E-state index in [1.165, 1.54) is 0 Å². The minimum atomic E-state index is 0.706. The molecule has 0 spiro atoms. The molecule has 0 atom stereocenters. The van der Waals surface area contributed by atoms with E-state index in [0.29, 0.717) is 5.69 Å². The Morgan fingerprint density at radius 2 is 2.00 bits per heavy atom. The normalized spacial score (nSPS) is 10.4. The van der Waals surface area contributed by atoms with Gasteiger partial charge >= 0.3 is 0 Å². The maximum atomic E-state index is 5.73. The second-order valence-electron chi connectivity index (χ2n) is 2.74. The molecule has 2 N–H and O–H groups in total. The molecule has 0 bridgehead atoms. The highest BCUT2D eigenvalue weighted by atomic mass is 14.7. The molecule has 0 saturated heterocycles. The molecule has 2 nitrogen and oxygen atoms in total. The summed E-state index contributed by atoms with van der Waals surface area (Å²) in [6.45, 7) is 3.89. The Morgan fingerprint density at radius 3 is 2.75 bits per heavy atom. The highest BCUT2D eigenvalue weighted by molar-refractivity contribution is 5.94. The van der Waals surface area contributed by atoms with Gasteiger partial charge in [-0.1, -0.05) is 18.2 Å². The second-order valence-corrected chi connectivity index (χ2v) is 2.74. The van der Waals surface area contributed by atoms with Gasteiger partial charge in [-0.3, -0.25) is 4.98 Å². The number of nitrogens with two attached hydrogens (primary N) is 1. The van der Waals surface area contributed by atoms with Crippen LogP contribution in [0.4, 0.5) is 5.69 Å². The first-order valence-corrected chi connectivity index (χ1v) is 3.73. The van der Waals surface area contributed by atoms with Gasteiger partial charge in [-0.05, 0) is 12.5 Å². The summed E-state index contributed by atoms with van der Waals surface area (Å²) in [5, 5.41) is 2.05. The predicted molar refractivity (Wildman–Crippen MR) is 50.6 cm³/mol. The Morgan fingerprint density at radius 1 is 1.17 bits per heavy atom. The third-order valence-electron chi connectivity index (χ3n) is 1.92. The lowest BCUT2D eigenvalue weighted by molar-refractivity contribution is 1.36. The van der Waals surface area contributed by atoms with Gasteiger partial charge in [-0.25, -0.2) is 0 Å². The first-order chi connectivity index (χ1) is 5.79. The fourth-order valence-corrected chi connectivity index (χ4v) is 1.28. The molecule has 0 aliphatic carbocycles. The first-order valence-electron chi connectivity index (χ1n) is 3.73. The number of rotatable bonds is 0. The summed E-state index contributed by atoms with van der Waals surface area (Å²) >= 11 is 0. The average molecular weight is 157 g/mol. The Balaban J connectivity index is 2.94. The molecule has 59 valence electrons. The Kier molecular flexibility index (Phi) is 1.47. The number of aromatic nitrogens is 1. The number of anilines is 1. The standard InChI is InChI=1S/C10H9N2/c1-7-3-2-4-8-9(7)5-12-6-10(8)11/h2-6H,1,11H2. The van der Waals surface area contributed by atoms with Crippen molar-refractivity contribution in [2.75, 3.05) is 5.73 Å². The first kappa shape index (κ1) is 7.10. The average Bonchev–Trinajstić information content (AvgIpc) is 2.07. The highest BCUT2D eigenvalue weighted by Gasteiger charge is 1.98. The van der Waals surface area contributed by atoms with E-state index in [1.54, 1.807) is 12.4 Å². The summed E-state index contributed by atoms with van der Waals surface area (Å²) in [7, 11) is 0. The summed E-state index contributed by atoms with van der Waals surface area (Å²) in [4.78, 5) is 4.01. The molecule has 1 heterocycles. The zero-order chi connectivity index (χ0) is 8.55. The third kappa shape index (κ3) is 0.925. The summed E-state index contributed by atoms with van der Waals surface area (Å²) in [6, 6.07) is 5.87. The van der Waals surface area contributed by atoms with E-state index in [-0.39, 0.29) is 0 Å². The van der Waals surface area contributed by atoms with E-state index >= 15 is 0 Å². The van der Waals surface area contributed by atoms with Crippen LogP contribution >= 0.6 is 0 Å². The lowest BCUT2D eigenvalue weighted by Gasteiger charge is -2.02. The van der Waals surface area contributed by atoms with Crippen LogP contribution < -0.4 is 5.73 Å². The molecule has 0 unspecified atom stereocenters. The molecule has 1 aromatic carbocycles. The van der Waals surface area contributed by atoms with Gasteiger partial charge < -0.3 is 5.73 Å². The van der Waals surface area contributed by atoms with Crippen molar-refractivity contribution in [1.82, 2.24) is 4.98 Å². The molecule has 0 aliphatic rings. The van der Waals surface area contributed by atoms with Gasteiger partial charge in [0.15, 0.2) is 0 Å². The van der Waals surface area contributed by atoms with Gasteiger partial charge in [0.25, 0.3) is 0 Å². The maximum Gasteiger partial charge on any atom is 0.0580 e. The number of hydrogen-bond acceptors (Lipinski definition) is 2. The van der Waals surface area contributed by atoms with Crippen LogP contribution in [0.3, 0.4) is 0 Å². The van der Waals surface area contributed by atoms with Crippen LogP contribution in [-0.4, -0.2) is 4.98 Å². The fraction of sp³-hybridized carbons (Fsp3) is 0. The number of nitrogens with zero attached hydrogens (tertiary/aromatic N) is 1. The fourth-order valence-electron chi connectivity index (χ4n) is 1.28. The molecular formula is C10H9N2. The van der Waals surface area contributed by atoms with Gasteiger partial charge in [0, 0.05) is 17.0 Å². The minimum Gasteiger partial charge on any atom is -0.397 e. The highest BCUT2D eigenvalue weighted by Crippen LogP contribution is 2.21. The quantitative estimate of drug-likeness (QED) is 0.635. The second kappa shape index (κ2) is 2.48. The van der Waals surface area contributed by atoms with Crippen molar-refractivity contribution in [3.8, 4) is 0 Å². The van der Waals surface area contributed by atoms with Crippen molar-refractivity contribution < 1.29 is 0 Å². The zero-order valence-electron chi connectivity index (χ0n) is 6.62. The molecule has 2 aromatic rings. The SMILES string of the molecule is [CH2]c1cccc2c(N)cncc12. The van der Waals surface area contributed by atoms with Gasteiger partial charge in [0.2, 0.25) is 0 Å². The molecule has 0 saturated carbocycles. The summed E-state index contributed by atoms with van der Waals surface area (Å²) in [5.74, 6) is 0. The number of fused-ring (bicyclic) bond motifs is 1. The van der Waals surface area contributed by atoms with E-state index in [0.717, 1.165) is 16.3 Å². The summed E-state index contributed by atoms with van der Waals surface area (Å²) in [6.07, 6.45) is 3.44. The predicted octanol–water partition coefficient (Wildman–Crippen LogP) is 2.00. The third-order valence-corrected chi connectivity index (χ3v) is 1.92. The van der Waals surface area contributed by atoms with Crippen molar-refractivity contribution in [2.24, 2.45) is 0 Å². The largest absolute Gasteiger partial charge is 0.397 e. The van der Waals surface area contributed by atoms with Gasteiger partial charge in [-0.15, -0.1) is 0 Å². The molecule has 12 heavy (non-hydrogen) atoms. The maximum absolute atomic E-state index is 5.73. The number of pyridine rings is 1. The van der Waals surface area contributed by atoms with E-state index in [4.69, 9.17) is 5.73 Å². The van der Waals surface area contributed by atoms with Crippen molar-refractivity contribution in [1.29, 1.82) is 0 Å². The molecule has 2 heteroatoms. The van der Waals surface area contributed by atoms with Crippen LogP contribution in [0.1, 0.15) is 5.56 Å². The van der Waals surface area contributed by atoms with Crippen LogP contribution in [0.2, 0.25) is 0 Å². The monoisotopic (exact) mass is 157 g/mol. The Hall–Kier alpha value is -1.57. The topological polar surface area (TPSA) is 38.9 Å². The van der Waals surface area contributed by atoms with Gasteiger partial charge in [0.1, 0.15) is 0 Å². The lowest BCUT2D eigenvalue weighted by Crippen LogP contribution is -1.89. The summed E-state index contributed by atoms with van der Waals surface area (Å²) in [5.41, 5.74) is 7.41. The number of hydrogen-bond donors (Lipinski definition) is 1. The Labute approximate surface area is 71.0 Å². The number of benzene rings is 1. The lowest BCUT2D eigenvalue weighted by atomic mass is 10.1. The molecule has 0 aliphatic heterocycles. The van der Waals surface area contributed by atoms with Gasteiger partial charge in [0.05, 0.1) is 11.9 Å². The molecular weight excluding hydrogens is 148 g/mol. The molecule has 2 rings (SSSR count). The van der Waals surface area contributed by atoms with E-state index < -0.39 is 0 Å². The minimum absolute atomic E-state index is 0.706. The van der Waals surface area contributed by atoms with Crippen molar-refractivity contribution in [3.63, 3.8) is 0 Å². The van der Waals surface area contributed by atoms with Crippen LogP contribution in [0, 0.1) is 6.92 Å². The van der Waals surface area contributed by atoms with Crippen molar-refractivity contribution >= 4 is 16.5 Å². The number of nitrogen functional groups attached to an aromatic ring is 1. The smallest absolute Gasteiger partial charge is 0.0580 e. The van der Waals surface area contributed by atoms with E-state index in [9.17, 15) is 0 Å². The van der Waals surface area contributed by atoms with Crippen LogP contribution in [0.15, 0.2) is 30.6 Å². The van der Waals surface area contributed by atoms with Gasteiger partial charge in [-0.2, -0.15) is 0 Å². The van der Waals surface area contributed by atoms with Crippen LogP contribution in [0.5, 0.6) is 0 Å². The summed E-state index contributed by atoms with van der Waals surface area (Å²) < 4.78 is 0. The zero-order valence-corrected chi connectivity index (χ0v) is 6.62. The molecule has 1 radical (unpaired) electrons. The van der Waals surface area contributed by atoms with Crippen molar-refractivity contribution in [3.05, 3.63) is 43.1 Å². The molecule has 1 aromatic heterocycles. The Bertz CT molecular complexity index is 380.